The minimum absolute atomic E-state index is 0.114. The van der Waals surface area contributed by atoms with Crippen LogP contribution in [-0.4, -0.2) is 40.2 Å². The largest absolute Gasteiger partial charge is 0.480 e. The van der Waals surface area contributed by atoms with E-state index in [1.165, 1.54) is 0 Å². The Labute approximate surface area is 152 Å². The molecule has 2 atom stereocenters. The third-order valence-corrected chi connectivity index (χ3v) is 5.04. The number of aromatic amines is 1. The van der Waals surface area contributed by atoms with Gasteiger partial charge in [-0.1, -0.05) is 38.0 Å². The maximum atomic E-state index is 12.6. The van der Waals surface area contributed by atoms with Gasteiger partial charge in [-0.25, -0.2) is 4.79 Å². The molecule has 6 nitrogen and oxygen atoms in total. The number of rotatable bonds is 8. The second-order valence-corrected chi connectivity index (χ2v) is 6.90. The summed E-state index contributed by atoms with van der Waals surface area (Å²) in [6, 6.07) is 6.74. The molecule has 26 heavy (non-hydrogen) atoms. The molecule has 1 aliphatic rings. The van der Waals surface area contributed by atoms with Crippen LogP contribution in [-0.2, 0) is 20.7 Å². The summed E-state index contributed by atoms with van der Waals surface area (Å²) in [7, 11) is 0. The van der Waals surface area contributed by atoms with Gasteiger partial charge in [0.25, 0.3) is 0 Å². The van der Waals surface area contributed by atoms with E-state index in [9.17, 15) is 14.7 Å². The number of amides is 1. The number of fused-ring (bicyclic) bond motifs is 1. The normalized spacial score (nSPS) is 17.3. The van der Waals surface area contributed by atoms with Crippen molar-refractivity contribution in [2.24, 2.45) is 0 Å². The van der Waals surface area contributed by atoms with Crippen LogP contribution >= 0.6 is 0 Å². The first-order valence-electron chi connectivity index (χ1n) is 9.32. The maximum Gasteiger partial charge on any atom is 0.326 e. The number of H-pyrrole nitrogens is 1. The topological polar surface area (TPSA) is 91.4 Å². The van der Waals surface area contributed by atoms with Crippen molar-refractivity contribution in [2.75, 3.05) is 0 Å². The molecule has 2 unspecified atom stereocenters. The van der Waals surface area contributed by atoms with Crippen LogP contribution in [0.15, 0.2) is 30.5 Å². The minimum atomic E-state index is -1.04. The van der Waals surface area contributed by atoms with Gasteiger partial charge in [-0.05, 0) is 30.9 Å². The molecule has 0 spiro atoms. The Kier molecular flexibility index (Phi) is 5.93. The number of hydrogen-bond donors (Lipinski definition) is 3. The summed E-state index contributed by atoms with van der Waals surface area (Å²) >= 11 is 0. The molecular formula is C20H26N2O4. The molecule has 3 rings (SSSR count). The highest BCUT2D eigenvalue weighted by atomic mass is 16.5. The number of carbonyl (C=O) groups excluding carboxylic acids is 1. The highest BCUT2D eigenvalue weighted by molar-refractivity contribution is 5.88. The monoisotopic (exact) mass is 358 g/mol. The zero-order valence-corrected chi connectivity index (χ0v) is 15.0. The maximum absolute atomic E-state index is 12.6. The van der Waals surface area contributed by atoms with Gasteiger partial charge in [0, 0.05) is 23.5 Å². The van der Waals surface area contributed by atoms with E-state index in [4.69, 9.17) is 4.74 Å². The molecule has 0 saturated heterocycles. The van der Waals surface area contributed by atoms with Gasteiger partial charge in [-0.15, -0.1) is 0 Å². The second kappa shape index (κ2) is 8.36. The van der Waals surface area contributed by atoms with Gasteiger partial charge in [0.15, 0.2) is 0 Å². The van der Waals surface area contributed by atoms with Crippen molar-refractivity contribution in [3.8, 4) is 0 Å². The fourth-order valence-corrected chi connectivity index (χ4v) is 3.59. The van der Waals surface area contributed by atoms with Crippen molar-refractivity contribution in [3.05, 3.63) is 36.0 Å². The lowest BCUT2D eigenvalue weighted by Crippen LogP contribution is -2.47. The number of benzene rings is 1. The highest BCUT2D eigenvalue weighted by Crippen LogP contribution is 2.23. The Morgan fingerprint density at radius 2 is 2.04 bits per heavy atom. The molecule has 1 saturated carbocycles. The Morgan fingerprint density at radius 1 is 1.31 bits per heavy atom. The number of hydrogen-bond acceptors (Lipinski definition) is 3. The van der Waals surface area contributed by atoms with Crippen LogP contribution in [0.25, 0.3) is 10.9 Å². The van der Waals surface area contributed by atoms with Crippen LogP contribution in [0, 0.1) is 0 Å². The lowest BCUT2D eigenvalue weighted by molar-refractivity contribution is -0.145. The van der Waals surface area contributed by atoms with Gasteiger partial charge >= 0.3 is 5.97 Å². The van der Waals surface area contributed by atoms with Crippen LogP contribution in [0.1, 0.15) is 44.6 Å². The summed E-state index contributed by atoms with van der Waals surface area (Å²) in [6.45, 7) is 1.88. The summed E-state index contributed by atoms with van der Waals surface area (Å²) in [6.07, 6.45) is 6.28. The van der Waals surface area contributed by atoms with Gasteiger partial charge in [0.05, 0.1) is 6.10 Å². The van der Waals surface area contributed by atoms with Gasteiger partial charge in [-0.2, -0.15) is 0 Å². The average molecular weight is 358 g/mol. The van der Waals surface area contributed by atoms with Crippen LogP contribution in [0.5, 0.6) is 0 Å². The second-order valence-electron chi connectivity index (χ2n) is 6.90. The molecule has 3 N–H and O–H groups in total. The van der Waals surface area contributed by atoms with E-state index in [0.29, 0.717) is 6.42 Å². The fraction of sp³-hybridized carbons (Fsp3) is 0.500. The smallest absolute Gasteiger partial charge is 0.326 e. The number of para-hydroxylation sites is 1. The molecule has 2 aromatic rings. The highest BCUT2D eigenvalue weighted by Gasteiger charge is 2.28. The number of aromatic nitrogens is 1. The van der Waals surface area contributed by atoms with Gasteiger partial charge < -0.3 is 20.1 Å². The van der Waals surface area contributed by atoms with Crippen molar-refractivity contribution in [1.82, 2.24) is 10.3 Å². The lowest BCUT2D eigenvalue weighted by atomic mass is 10.0. The van der Waals surface area contributed by atoms with Crippen LogP contribution in [0.3, 0.4) is 0 Å². The van der Waals surface area contributed by atoms with Crippen LogP contribution in [0.4, 0.5) is 0 Å². The Morgan fingerprint density at radius 3 is 2.73 bits per heavy atom. The quantitative estimate of drug-likeness (QED) is 0.676. The van der Waals surface area contributed by atoms with Crippen molar-refractivity contribution in [3.63, 3.8) is 0 Å². The first-order chi connectivity index (χ1) is 12.6. The molecule has 1 amide bonds. The molecular weight excluding hydrogens is 332 g/mol. The lowest BCUT2D eigenvalue weighted by Gasteiger charge is -2.22. The number of carboxylic acids is 1. The summed E-state index contributed by atoms with van der Waals surface area (Å²) in [4.78, 5) is 27.4. The van der Waals surface area contributed by atoms with E-state index < -0.39 is 18.1 Å². The van der Waals surface area contributed by atoms with E-state index in [1.54, 1.807) is 6.20 Å². The van der Waals surface area contributed by atoms with E-state index >= 15 is 0 Å². The summed E-state index contributed by atoms with van der Waals surface area (Å²) < 4.78 is 5.90. The van der Waals surface area contributed by atoms with Gasteiger partial charge in [0.1, 0.15) is 12.1 Å². The molecule has 1 aromatic carbocycles. The van der Waals surface area contributed by atoms with E-state index in [-0.39, 0.29) is 18.4 Å². The van der Waals surface area contributed by atoms with Crippen molar-refractivity contribution < 1.29 is 19.4 Å². The Hall–Kier alpha value is -2.34. The third kappa shape index (κ3) is 4.25. The number of nitrogens with one attached hydrogen (secondary N) is 2. The molecule has 0 aliphatic heterocycles. The van der Waals surface area contributed by atoms with Crippen molar-refractivity contribution in [2.45, 2.75) is 63.7 Å². The summed E-state index contributed by atoms with van der Waals surface area (Å²) in [5.74, 6) is -1.38. The van der Waals surface area contributed by atoms with Crippen molar-refractivity contribution in [1.29, 1.82) is 0 Å². The van der Waals surface area contributed by atoms with Crippen LogP contribution < -0.4 is 5.32 Å². The number of ether oxygens (including phenoxy) is 1. The predicted octanol–water partition coefficient (Wildman–Crippen LogP) is 3.02. The van der Waals surface area contributed by atoms with E-state index in [1.807, 2.05) is 31.2 Å². The van der Waals surface area contributed by atoms with E-state index in [0.717, 1.165) is 42.1 Å². The molecule has 1 fully saturated rings. The average Bonchev–Trinajstić information content (AvgIpc) is 3.29. The van der Waals surface area contributed by atoms with Gasteiger partial charge in [-0.3, -0.25) is 4.79 Å². The van der Waals surface area contributed by atoms with E-state index in [2.05, 4.69) is 10.3 Å². The zero-order valence-electron chi connectivity index (χ0n) is 15.0. The van der Waals surface area contributed by atoms with Crippen LogP contribution in [0.2, 0.25) is 0 Å². The first kappa shape index (κ1) is 18.5. The Bertz CT molecular complexity index is 764. The predicted molar refractivity (Wildman–Crippen MR) is 99.0 cm³/mol. The molecule has 6 heteroatoms. The number of carbonyl (C=O) groups is 2. The SMILES string of the molecule is CCC(OC1CCCC1)C(=O)NC(Cc1c[nH]c2ccccc12)C(=O)O. The van der Waals surface area contributed by atoms with Gasteiger partial charge in [0.2, 0.25) is 5.91 Å². The molecule has 1 aromatic heterocycles. The number of aliphatic carboxylic acids is 1. The molecule has 1 aliphatic carbocycles. The standard InChI is InChI=1S/C20H26N2O4/c1-2-18(26-14-7-3-4-8-14)19(23)22-17(20(24)25)11-13-12-21-16-10-6-5-9-15(13)16/h5-6,9-10,12,14,17-18,21H,2-4,7-8,11H2,1H3,(H,22,23)(H,24,25). The Balaban J connectivity index is 1.67. The first-order valence-corrected chi connectivity index (χ1v) is 9.32. The minimum Gasteiger partial charge on any atom is -0.480 e. The summed E-state index contributed by atoms with van der Waals surface area (Å²) in [5, 5.41) is 13.2. The number of carboxylic acid groups (broad SMARTS) is 1. The molecule has 0 radical (unpaired) electrons. The summed E-state index contributed by atoms with van der Waals surface area (Å²) in [5.41, 5.74) is 1.83. The fourth-order valence-electron chi connectivity index (χ4n) is 3.59. The molecule has 1 heterocycles. The molecule has 140 valence electrons. The third-order valence-electron chi connectivity index (χ3n) is 5.04. The molecule has 0 bridgehead atoms. The zero-order chi connectivity index (χ0) is 18.5. The van der Waals surface area contributed by atoms with Crippen molar-refractivity contribution >= 4 is 22.8 Å².